The Morgan fingerprint density at radius 2 is 1.51 bits per heavy atom. The van der Waals surface area contributed by atoms with E-state index in [1.807, 2.05) is 78.6 Å². The summed E-state index contributed by atoms with van der Waals surface area (Å²) in [7, 11) is 0. The molecule has 1 amide bonds. The zero-order chi connectivity index (χ0) is 31.0. The molecule has 0 aliphatic carbocycles. The number of benzene rings is 4. The third-order valence-corrected chi connectivity index (χ3v) is 7.89. The SMILES string of the molecule is CCCC(=O)On1ccc2c(-c3nc(CN(CCC(c4ccccc4)c4ccccc4)C(=O)c4ccccc4)co3)cccc21. The van der Waals surface area contributed by atoms with Crippen molar-refractivity contribution in [1.29, 1.82) is 0 Å². The number of rotatable bonds is 12. The minimum atomic E-state index is -0.288. The summed E-state index contributed by atoms with van der Waals surface area (Å²) in [6.07, 6.45) is 5.13. The van der Waals surface area contributed by atoms with Crippen molar-refractivity contribution in [3.63, 3.8) is 0 Å². The fourth-order valence-corrected chi connectivity index (χ4v) is 5.66. The Morgan fingerprint density at radius 3 is 2.18 bits per heavy atom. The Hall–Kier alpha value is -5.43. The molecule has 2 heterocycles. The van der Waals surface area contributed by atoms with Crippen LogP contribution in [0.25, 0.3) is 22.4 Å². The second kappa shape index (κ2) is 13.9. The van der Waals surface area contributed by atoms with Crippen molar-refractivity contribution in [3.8, 4) is 11.5 Å². The van der Waals surface area contributed by atoms with Gasteiger partial charge in [0.2, 0.25) is 5.89 Å². The van der Waals surface area contributed by atoms with Crippen molar-refractivity contribution in [1.82, 2.24) is 14.6 Å². The molecule has 4 aromatic carbocycles. The first kappa shape index (κ1) is 29.6. The number of carbonyl (C=O) groups is 2. The predicted octanol–water partition coefficient (Wildman–Crippen LogP) is 7.92. The maximum atomic E-state index is 13.8. The molecule has 0 radical (unpaired) electrons. The van der Waals surface area contributed by atoms with Crippen LogP contribution in [0, 0.1) is 0 Å². The van der Waals surface area contributed by atoms with Crippen LogP contribution in [0.4, 0.5) is 0 Å². The van der Waals surface area contributed by atoms with Crippen LogP contribution in [0.2, 0.25) is 0 Å². The van der Waals surface area contributed by atoms with Crippen molar-refractivity contribution in [2.45, 2.75) is 38.6 Å². The van der Waals surface area contributed by atoms with Crippen molar-refractivity contribution in [2.24, 2.45) is 0 Å². The van der Waals surface area contributed by atoms with E-state index in [0.29, 0.717) is 43.1 Å². The van der Waals surface area contributed by atoms with Gasteiger partial charge in [-0.25, -0.2) is 9.78 Å². The van der Waals surface area contributed by atoms with Gasteiger partial charge in [0, 0.05) is 41.6 Å². The summed E-state index contributed by atoms with van der Waals surface area (Å²) < 4.78 is 7.46. The lowest BCUT2D eigenvalue weighted by Crippen LogP contribution is -2.32. The molecule has 7 nitrogen and oxygen atoms in total. The maximum absolute atomic E-state index is 13.8. The van der Waals surface area contributed by atoms with Gasteiger partial charge >= 0.3 is 5.97 Å². The van der Waals surface area contributed by atoms with E-state index in [2.05, 4.69) is 48.5 Å². The molecular weight excluding hydrogens is 562 g/mol. The molecular formula is C38H35N3O4. The average molecular weight is 598 g/mol. The summed E-state index contributed by atoms with van der Waals surface area (Å²) >= 11 is 0. The molecule has 45 heavy (non-hydrogen) atoms. The highest BCUT2D eigenvalue weighted by molar-refractivity contribution is 5.94. The molecule has 0 spiro atoms. The second-order valence-corrected chi connectivity index (χ2v) is 11.0. The molecule has 0 unspecified atom stereocenters. The molecule has 0 saturated heterocycles. The smallest absolute Gasteiger partial charge is 0.332 e. The minimum absolute atomic E-state index is 0.0619. The Labute approximate surface area is 262 Å². The van der Waals surface area contributed by atoms with E-state index in [-0.39, 0.29) is 17.8 Å². The summed E-state index contributed by atoms with van der Waals surface area (Å²) in [5, 5.41) is 0.848. The van der Waals surface area contributed by atoms with Crippen LogP contribution in [0.5, 0.6) is 0 Å². The van der Waals surface area contributed by atoms with Crippen molar-refractivity contribution in [3.05, 3.63) is 150 Å². The van der Waals surface area contributed by atoms with E-state index >= 15 is 0 Å². The third-order valence-electron chi connectivity index (χ3n) is 7.89. The fourth-order valence-electron chi connectivity index (χ4n) is 5.66. The molecule has 6 rings (SSSR count). The Morgan fingerprint density at radius 1 is 0.844 bits per heavy atom. The van der Waals surface area contributed by atoms with Crippen LogP contribution in [-0.2, 0) is 11.3 Å². The first-order chi connectivity index (χ1) is 22.1. The molecule has 0 N–H and O–H groups in total. The molecule has 0 fully saturated rings. The summed E-state index contributed by atoms with van der Waals surface area (Å²) in [6, 6.07) is 37.7. The molecule has 0 bridgehead atoms. The van der Waals surface area contributed by atoms with E-state index in [4.69, 9.17) is 14.2 Å². The lowest BCUT2D eigenvalue weighted by molar-refractivity contribution is -0.143. The second-order valence-electron chi connectivity index (χ2n) is 11.0. The third kappa shape index (κ3) is 6.88. The van der Waals surface area contributed by atoms with Gasteiger partial charge in [0.15, 0.2) is 0 Å². The van der Waals surface area contributed by atoms with E-state index in [1.54, 1.807) is 12.5 Å². The van der Waals surface area contributed by atoms with Crippen LogP contribution in [0.15, 0.2) is 132 Å². The molecule has 2 aromatic heterocycles. The highest BCUT2D eigenvalue weighted by Gasteiger charge is 2.22. The van der Waals surface area contributed by atoms with Crippen LogP contribution in [-0.4, -0.2) is 33.0 Å². The lowest BCUT2D eigenvalue weighted by Gasteiger charge is -2.25. The number of nitrogens with zero attached hydrogens (tertiary/aromatic N) is 3. The van der Waals surface area contributed by atoms with Gasteiger partial charge in [-0.1, -0.05) is 91.9 Å². The number of hydrogen-bond donors (Lipinski definition) is 0. The van der Waals surface area contributed by atoms with Gasteiger partial charge in [-0.3, -0.25) is 4.79 Å². The van der Waals surface area contributed by atoms with E-state index in [9.17, 15) is 9.59 Å². The molecule has 0 saturated carbocycles. The Kier molecular flexibility index (Phi) is 9.16. The largest absolute Gasteiger partial charge is 0.444 e. The molecule has 7 heteroatoms. The van der Waals surface area contributed by atoms with Gasteiger partial charge in [0.25, 0.3) is 5.91 Å². The number of oxazole rings is 1. The highest BCUT2D eigenvalue weighted by Crippen LogP contribution is 2.31. The van der Waals surface area contributed by atoms with Crippen LogP contribution in [0.1, 0.15) is 59.3 Å². The number of amides is 1. The maximum Gasteiger partial charge on any atom is 0.332 e. The summed E-state index contributed by atoms with van der Waals surface area (Å²) in [4.78, 5) is 38.1. The van der Waals surface area contributed by atoms with E-state index in [1.165, 1.54) is 15.9 Å². The number of fused-ring (bicyclic) bond motifs is 1. The number of carbonyl (C=O) groups excluding carboxylic acids is 2. The van der Waals surface area contributed by atoms with Crippen LogP contribution < -0.4 is 4.84 Å². The number of aromatic nitrogens is 2. The molecule has 0 aliphatic heterocycles. The summed E-state index contributed by atoms with van der Waals surface area (Å²) in [6.45, 7) is 2.75. The summed E-state index contributed by atoms with van der Waals surface area (Å²) in [5.74, 6) is 0.211. The fraction of sp³-hybridized carbons (Fsp3) is 0.184. The predicted molar refractivity (Wildman–Crippen MR) is 174 cm³/mol. The van der Waals surface area contributed by atoms with Gasteiger partial charge in [-0.2, -0.15) is 4.73 Å². The highest BCUT2D eigenvalue weighted by atomic mass is 16.7. The monoisotopic (exact) mass is 597 g/mol. The molecule has 6 aromatic rings. The van der Waals surface area contributed by atoms with Crippen LogP contribution in [0.3, 0.4) is 0 Å². The van der Waals surface area contributed by atoms with Crippen molar-refractivity contribution >= 4 is 22.8 Å². The van der Waals surface area contributed by atoms with E-state index < -0.39 is 0 Å². The van der Waals surface area contributed by atoms with Gasteiger partial charge in [-0.15, -0.1) is 0 Å². The lowest BCUT2D eigenvalue weighted by atomic mass is 9.88. The Bertz CT molecular complexity index is 1820. The van der Waals surface area contributed by atoms with Gasteiger partial charge < -0.3 is 14.2 Å². The topological polar surface area (TPSA) is 77.6 Å². The zero-order valence-corrected chi connectivity index (χ0v) is 25.2. The average Bonchev–Trinajstić information content (AvgIpc) is 3.72. The quantitative estimate of drug-likeness (QED) is 0.143. The standard InChI is InChI=1S/C38H35N3O4/c1-2-13-36(42)45-41-25-23-33-34(20-12-21-35(33)41)37-39-31(27-44-37)26-40(38(43)30-18-10-5-11-19-30)24-22-32(28-14-6-3-7-15-28)29-16-8-4-9-17-29/h3-12,14-21,23,25,27,32H,2,13,22,24,26H2,1H3. The van der Waals surface area contributed by atoms with Crippen LogP contribution >= 0.6 is 0 Å². The first-order valence-corrected chi connectivity index (χ1v) is 15.3. The minimum Gasteiger partial charge on any atom is -0.444 e. The first-order valence-electron chi connectivity index (χ1n) is 15.3. The molecule has 226 valence electrons. The molecule has 0 atom stereocenters. The van der Waals surface area contributed by atoms with Gasteiger partial charge in [0.1, 0.15) is 6.26 Å². The van der Waals surface area contributed by atoms with Crippen molar-refractivity contribution < 1.29 is 18.8 Å². The summed E-state index contributed by atoms with van der Waals surface area (Å²) in [5.41, 5.74) is 5.21. The Balaban J connectivity index is 1.26. The normalized spacial score (nSPS) is 11.2. The van der Waals surface area contributed by atoms with Gasteiger partial charge in [-0.05, 0) is 54.3 Å². The van der Waals surface area contributed by atoms with Gasteiger partial charge in [0.05, 0.1) is 17.8 Å². The van der Waals surface area contributed by atoms with E-state index in [0.717, 1.165) is 22.9 Å². The molecule has 0 aliphatic rings. The van der Waals surface area contributed by atoms with Crippen molar-refractivity contribution in [2.75, 3.05) is 6.54 Å². The number of hydrogen-bond acceptors (Lipinski definition) is 5. The zero-order valence-electron chi connectivity index (χ0n) is 25.2.